The van der Waals surface area contributed by atoms with Crippen LogP contribution in [0.3, 0.4) is 0 Å². The molecule has 0 spiro atoms. The molecule has 1 N–H and O–H groups in total. The Bertz CT molecular complexity index is 1120. The van der Waals surface area contributed by atoms with Crippen molar-refractivity contribution in [2.45, 2.75) is 13.8 Å². The number of aryl methyl sites for hydroxylation is 1. The first-order chi connectivity index (χ1) is 12.7. The smallest absolute Gasteiger partial charge is 0.265 e. The molecule has 3 aromatic rings. The molecule has 1 amide bonds. The maximum atomic E-state index is 12.6. The summed E-state index contributed by atoms with van der Waals surface area (Å²) in [5, 5.41) is 4.26. The van der Waals surface area contributed by atoms with Crippen LogP contribution in [0, 0.1) is 6.92 Å². The molecule has 1 heterocycles. The number of rotatable bonds is 5. The first-order valence-electron chi connectivity index (χ1n) is 8.28. The second kappa shape index (κ2) is 7.50. The van der Waals surface area contributed by atoms with Gasteiger partial charge in [-0.05, 0) is 61.2 Å². The Labute approximate surface area is 167 Å². The molecular formula is C19H19ClN2O3S2. The van der Waals surface area contributed by atoms with Gasteiger partial charge < -0.3 is 5.32 Å². The van der Waals surface area contributed by atoms with Crippen molar-refractivity contribution in [3.05, 3.63) is 57.9 Å². The molecule has 0 radical (unpaired) electrons. The van der Waals surface area contributed by atoms with Crippen LogP contribution >= 0.6 is 22.9 Å². The lowest BCUT2D eigenvalue weighted by atomic mass is 10.2. The van der Waals surface area contributed by atoms with E-state index in [1.165, 1.54) is 21.9 Å². The van der Waals surface area contributed by atoms with Gasteiger partial charge in [0.15, 0.2) is 0 Å². The fourth-order valence-electron chi connectivity index (χ4n) is 2.77. The van der Waals surface area contributed by atoms with Crippen molar-refractivity contribution in [3.63, 3.8) is 0 Å². The van der Waals surface area contributed by atoms with Gasteiger partial charge >= 0.3 is 0 Å². The molecule has 0 fully saturated rings. The van der Waals surface area contributed by atoms with Crippen LogP contribution in [0.2, 0.25) is 5.02 Å². The maximum Gasteiger partial charge on any atom is 0.265 e. The fourth-order valence-corrected chi connectivity index (χ4v) is 4.85. The van der Waals surface area contributed by atoms with Crippen LogP contribution in [0.4, 0.5) is 11.4 Å². The number of nitrogens with one attached hydrogen (secondary N) is 1. The number of anilines is 2. The number of hydrogen-bond acceptors (Lipinski definition) is 4. The van der Waals surface area contributed by atoms with Crippen LogP contribution in [0.25, 0.3) is 10.1 Å². The highest BCUT2D eigenvalue weighted by Crippen LogP contribution is 2.31. The molecule has 0 aliphatic carbocycles. The van der Waals surface area contributed by atoms with Gasteiger partial charge in [-0.2, -0.15) is 0 Å². The zero-order valence-electron chi connectivity index (χ0n) is 15.1. The topological polar surface area (TPSA) is 66.5 Å². The van der Waals surface area contributed by atoms with Gasteiger partial charge in [-0.15, -0.1) is 11.3 Å². The molecular weight excluding hydrogens is 404 g/mol. The summed E-state index contributed by atoms with van der Waals surface area (Å²) >= 11 is 7.46. The summed E-state index contributed by atoms with van der Waals surface area (Å²) in [5.41, 5.74) is 2.15. The number of halogens is 1. The average Bonchev–Trinajstić information content (AvgIpc) is 3.01. The molecule has 1 aromatic heterocycles. The minimum Gasteiger partial charge on any atom is -0.321 e. The molecule has 0 aliphatic heterocycles. The minimum absolute atomic E-state index is 0.229. The van der Waals surface area contributed by atoms with E-state index in [-0.39, 0.29) is 5.91 Å². The van der Waals surface area contributed by atoms with Crippen LogP contribution in [-0.4, -0.2) is 27.1 Å². The predicted octanol–water partition coefficient (Wildman–Crippen LogP) is 4.90. The second-order valence-corrected chi connectivity index (χ2v) is 9.58. The third-order valence-electron chi connectivity index (χ3n) is 4.13. The van der Waals surface area contributed by atoms with Crippen LogP contribution in [0.1, 0.15) is 22.2 Å². The van der Waals surface area contributed by atoms with E-state index in [4.69, 9.17) is 11.6 Å². The van der Waals surface area contributed by atoms with Gasteiger partial charge in [0.25, 0.3) is 5.91 Å². The number of carbonyl (C=O) groups excluding carboxylic acids is 1. The van der Waals surface area contributed by atoms with Crippen molar-refractivity contribution in [1.82, 2.24) is 0 Å². The number of carbonyl (C=O) groups is 1. The van der Waals surface area contributed by atoms with Crippen LogP contribution in [0.15, 0.2) is 42.5 Å². The van der Waals surface area contributed by atoms with E-state index in [9.17, 15) is 13.2 Å². The quantitative estimate of drug-likeness (QED) is 0.635. The lowest BCUT2D eigenvalue weighted by Gasteiger charge is -2.20. The van der Waals surface area contributed by atoms with E-state index in [1.54, 1.807) is 37.3 Å². The van der Waals surface area contributed by atoms with Crippen LogP contribution in [0.5, 0.6) is 0 Å². The predicted molar refractivity (Wildman–Crippen MR) is 114 cm³/mol. The highest BCUT2D eigenvalue weighted by atomic mass is 35.5. The summed E-state index contributed by atoms with van der Waals surface area (Å²) in [7, 11) is -3.35. The monoisotopic (exact) mass is 422 g/mol. The molecule has 0 unspecified atom stereocenters. The summed E-state index contributed by atoms with van der Waals surface area (Å²) in [4.78, 5) is 13.1. The van der Waals surface area contributed by atoms with E-state index in [0.29, 0.717) is 27.8 Å². The molecule has 0 aliphatic rings. The van der Waals surface area contributed by atoms with Crippen LogP contribution < -0.4 is 9.62 Å². The third kappa shape index (κ3) is 4.26. The SMILES string of the molecule is CCN(c1ccc2sc(C(=O)Nc3ccc(C)c(Cl)c3)cc2c1)S(C)(=O)=O. The number of fused-ring (bicyclic) bond motifs is 1. The van der Waals surface area contributed by atoms with Crippen molar-refractivity contribution in [3.8, 4) is 0 Å². The molecule has 0 atom stereocenters. The molecule has 0 bridgehead atoms. The van der Waals surface area contributed by atoms with Crippen molar-refractivity contribution < 1.29 is 13.2 Å². The van der Waals surface area contributed by atoms with E-state index < -0.39 is 10.0 Å². The van der Waals surface area contributed by atoms with E-state index >= 15 is 0 Å². The summed E-state index contributed by atoms with van der Waals surface area (Å²) in [5.74, 6) is -0.229. The standard InChI is InChI=1S/C19H19ClN2O3S2/c1-4-22(27(3,24)25)15-7-8-17-13(9-15)10-18(26-17)19(23)21-14-6-5-12(2)16(20)11-14/h5-11H,4H2,1-3H3,(H,21,23). The minimum atomic E-state index is -3.35. The normalized spacial score (nSPS) is 11.6. The number of sulfonamides is 1. The zero-order valence-corrected chi connectivity index (χ0v) is 17.5. The molecule has 0 saturated carbocycles. The third-order valence-corrected chi connectivity index (χ3v) is 6.92. The zero-order chi connectivity index (χ0) is 19.8. The highest BCUT2D eigenvalue weighted by molar-refractivity contribution is 7.92. The number of amides is 1. The Balaban J connectivity index is 1.89. The van der Waals surface area contributed by atoms with E-state index in [2.05, 4.69) is 5.32 Å². The van der Waals surface area contributed by atoms with Crippen molar-refractivity contribution in [1.29, 1.82) is 0 Å². The Kier molecular flexibility index (Phi) is 5.46. The first-order valence-corrected chi connectivity index (χ1v) is 11.3. The molecule has 27 heavy (non-hydrogen) atoms. The summed E-state index contributed by atoms with van der Waals surface area (Å²) in [6.45, 7) is 4.02. The summed E-state index contributed by atoms with van der Waals surface area (Å²) in [6.07, 6.45) is 1.18. The van der Waals surface area contributed by atoms with Gasteiger partial charge in [0, 0.05) is 22.0 Å². The fraction of sp³-hybridized carbons (Fsp3) is 0.211. The second-order valence-electron chi connectivity index (χ2n) is 6.18. The molecule has 142 valence electrons. The lowest BCUT2D eigenvalue weighted by molar-refractivity contribution is 0.103. The van der Waals surface area contributed by atoms with Crippen molar-refractivity contribution in [2.75, 3.05) is 22.4 Å². The van der Waals surface area contributed by atoms with Crippen molar-refractivity contribution >= 4 is 60.3 Å². The molecule has 3 rings (SSSR count). The highest BCUT2D eigenvalue weighted by Gasteiger charge is 2.17. The number of thiophene rings is 1. The van der Waals surface area contributed by atoms with E-state index in [0.717, 1.165) is 15.6 Å². The molecule has 5 nitrogen and oxygen atoms in total. The Morgan fingerprint density at radius 1 is 1.19 bits per heavy atom. The van der Waals surface area contributed by atoms with Crippen molar-refractivity contribution in [2.24, 2.45) is 0 Å². The number of benzene rings is 2. The number of hydrogen-bond donors (Lipinski definition) is 1. The van der Waals surface area contributed by atoms with E-state index in [1.807, 2.05) is 19.1 Å². The Morgan fingerprint density at radius 3 is 2.56 bits per heavy atom. The molecule has 0 saturated heterocycles. The Morgan fingerprint density at radius 2 is 1.93 bits per heavy atom. The van der Waals surface area contributed by atoms with Crippen LogP contribution in [-0.2, 0) is 10.0 Å². The summed E-state index contributed by atoms with van der Waals surface area (Å²) in [6, 6.07) is 12.5. The van der Waals surface area contributed by atoms with Gasteiger partial charge in [0.1, 0.15) is 0 Å². The molecule has 2 aromatic carbocycles. The number of nitrogens with zero attached hydrogens (tertiary/aromatic N) is 1. The Hall–Kier alpha value is -2.09. The largest absolute Gasteiger partial charge is 0.321 e. The average molecular weight is 423 g/mol. The summed E-state index contributed by atoms with van der Waals surface area (Å²) < 4.78 is 26.1. The molecule has 8 heteroatoms. The van der Waals surface area contributed by atoms with Gasteiger partial charge in [0.2, 0.25) is 10.0 Å². The first kappa shape index (κ1) is 19.7. The van der Waals surface area contributed by atoms with Gasteiger partial charge in [-0.1, -0.05) is 17.7 Å². The van der Waals surface area contributed by atoms with Gasteiger partial charge in [0.05, 0.1) is 16.8 Å². The lowest BCUT2D eigenvalue weighted by Crippen LogP contribution is -2.29. The van der Waals surface area contributed by atoms with Gasteiger partial charge in [-0.3, -0.25) is 9.10 Å². The van der Waals surface area contributed by atoms with Gasteiger partial charge in [-0.25, -0.2) is 8.42 Å². The maximum absolute atomic E-state index is 12.6.